The number of aliphatic hydroxyl groups excluding tert-OH is 1. The first-order valence-electron chi connectivity index (χ1n) is 5.77. The minimum absolute atomic E-state index is 0.368. The molecule has 1 atom stereocenters. The third kappa shape index (κ3) is 2.19. The number of aliphatic hydroxyl groups is 1. The number of hydrogen-bond acceptors (Lipinski definition) is 2. The molecule has 94 valence electrons. The molecular weight excluding hydrogens is 226 g/mol. The number of hydrogen-bond donors (Lipinski definition) is 1. The molecule has 0 aliphatic heterocycles. The molecule has 17 heavy (non-hydrogen) atoms. The Kier molecular flexibility index (Phi) is 3.45. The van der Waals surface area contributed by atoms with E-state index in [1.165, 1.54) is 6.07 Å². The summed E-state index contributed by atoms with van der Waals surface area (Å²) in [5.41, 5.74) is -0.280. The summed E-state index contributed by atoms with van der Waals surface area (Å²) in [6.45, 7) is 0. The summed E-state index contributed by atoms with van der Waals surface area (Å²) in [7, 11) is 1.55. The number of benzene rings is 1. The van der Waals surface area contributed by atoms with Crippen molar-refractivity contribution >= 4 is 0 Å². The highest BCUT2D eigenvalue weighted by atomic mass is 19.2. The van der Waals surface area contributed by atoms with Gasteiger partial charge in [0.15, 0.2) is 11.6 Å². The van der Waals surface area contributed by atoms with Crippen molar-refractivity contribution in [3.63, 3.8) is 0 Å². The number of methoxy groups -OCH3 is 1. The van der Waals surface area contributed by atoms with Gasteiger partial charge in [0.25, 0.3) is 0 Å². The Hall–Kier alpha value is -1.00. The lowest BCUT2D eigenvalue weighted by molar-refractivity contribution is -0.100. The molecule has 0 radical (unpaired) electrons. The van der Waals surface area contributed by atoms with Gasteiger partial charge in [0.2, 0.25) is 0 Å². The van der Waals surface area contributed by atoms with Crippen LogP contribution in [0.25, 0.3) is 0 Å². The van der Waals surface area contributed by atoms with Gasteiger partial charge in [-0.25, -0.2) is 8.78 Å². The fourth-order valence-corrected chi connectivity index (χ4v) is 2.55. The maximum atomic E-state index is 13.1. The maximum absolute atomic E-state index is 13.1. The van der Waals surface area contributed by atoms with Crippen molar-refractivity contribution in [2.75, 3.05) is 7.11 Å². The fourth-order valence-electron chi connectivity index (χ4n) is 2.55. The zero-order valence-corrected chi connectivity index (χ0v) is 9.75. The average molecular weight is 242 g/mol. The third-order valence-electron chi connectivity index (χ3n) is 3.61. The predicted octanol–water partition coefficient (Wildman–Crippen LogP) is 2.96. The van der Waals surface area contributed by atoms with E-state index in [0.717, 1.165) is 37.8 Å². The lowest BCUT2D eigenvalue weighted by Crippen LogP contribution is -2.35. The molecule has 0 aromatic heterocycles. The summed E-state index contributed by atoms with van der Waals surface area (Å²) in [6.07, 6.45) is 2.53. The Bertz CT molecular complexity index is 400. The van der Waals surface area contributed by atoms with Crippen molar-refractivity contribution in [3.05, 3.63) is 35.4 Å². The monoisotopic (exact) mass is 242 g/mol. The average Bonchev–Trinajstić information content (AvgIpc) is 2.81. The first-order valence-corrected chi connectivity index (χ1v) is 5.77. The van der Waals surface area contributed by atoms with Crippen LogP contribution in [0.3, 0.4) is 0 Å². The Balaban J connectivity index is 2.29. The Morgan fingerprint density at radius 2 is 1.88 bits per heavy atom. The third-order valence-corrected chi connectivity index (χ3v) is 3.61. The topological polar surface area (TPSA) is 29.5 Å². The molecule has 1 aromatic rings. The highest BCUT2D eigenvalue weighted by molar-refractivity contribution is 5.23. The van der Waals surface area contributed by atoms with E-state index in [9.17, 15) is 13.9 Å². The van der Waals surface area contributed by atoms with Crippen molar-refractivity contribution < 1.29 is 18.6 Å². The highest BCUT2D eigenvalue weighted by Gasteiger charge is 2.41. The zero-order valence-electron chi connectivity index (χ0n) is 9.75. The van der Waals surface area contributed by atoms with Gasteiger partial charge in [-0.1, -0.05) is 18.9 Å². The normalized spacial score (nSPS) is 20.5. The second kappa shape index (κ2) is 4.70. The van der Waals surface area contributed by atoms with Crippen LogP contribution in [0.4, 0.5) is 8.78 Å². The summed E-state index contributed by atoms with van der Waals surface area (Å²) in [5, 5.41) is 10.3. The van der Waals surface area contributed by atoms with Gasteiger partial charge >= 0.3 is 0 Å². The second-order valence-electron chi connectivity index (χ2n) is 4.55. The van der Waals surface area contributed by atoms with Crippen LogP contribution in [0.2, 0.25) is 0 Å². The minimum Gasteiger partial charge on any atom is -0.385 e. The van der Waals surface area contributed by atoms with E-state index in [1.54, 1.807) is 7.11 Å². The second-order valence-corrected chi connectivity index (χ2v) is 4.55. The quantitative estimate of drug-likeness (QED) is 0.883. The molecule has 1 unspecified atom stereocenters. The molecule has 4 heteroatoms. The van der Waals surface area contributed by atoms with Crippen LogP contribution < -0.4 is 0 Å². The molecule has 1 aliphatic rings. The molecular formula is C13H16F2O2. The van der Waals surface area contributed by atoms with Crippen molar-refractivity contribution in [1.29, 1.82) is 0 Å². The van der Waals surface area contributed by atoms with E-state index >= 15 is 0 Å². The molecule has 2 rings (SSSR count). The van der Waals surface area contributed by atoms with Gasteiger partial charge < -0.3 is 9.84 Å². The van der Waals surface area contributed by atoms with Gasteiger partial charge in [0.05, 0.1) is 5.60 Å². The van der Waals surface area contributed by atoms with Crippen LogP contribution in [0.15, 0.2) is 18.2 Å². The molecule has 1 aromatic carbocycles. The van der Waals surface area contributed by atoms with E-state index in [0.29, 0.717) is 5.56 Å². The molecule has 1 aliphatic carbocycles. The molecule has 0 heterocycles. The van der Waals surface area contributed by atoms with Crippen LogP contribution in [-0.4, -0.2) is 17.8 Å². The van der Waals surface area contributed by atoms with Crippen molar-refractivity contribution in [2.45, 2.75) is 37.4 Å². The Morgan fingerprint density at radius 3 is 2.41 bits per heavy atom. The smallest absolute Gasteiger partial charge is 0.159 e. The van der Waals surface area contributed by atoms with E-state index in [1.807, 2.05) is 0 Å². The van der Waals surface area contributed by atoms with Crippen molar-refractivity contribution in [3.8, 4) is 0 Å². The summed E-state index contributed by atoms with van der Waals surface area (Å²) >= 11 is 0. The van der Waals surface area contributed by atoms with Gasteiger partial charge in [-0.3, -0.25) is 0 Å². The Labute approximate surface area is 99.2 Å². The van der Waals surface area contributed by atoms with Crippen LogP contribution >= 0.6 is 0 Å². The van der Waals surface area contributed by atoms with Crippen LogP contribution in [0, 0.1) is 11.6 Å². The Morgan fingerprint density at radius 1 is 1.24 bits per heavy atom. The zero-order chi connectivity index (χ0) is 12.5. The summed E-state index contributed by atoms with van der Waals surface area (Å²) in [6, 6.07) is 3.48. The van der Waals surface area contributed by atoms with Crippen LogP contribution in [0.1, 0.15) is 37.4 Å². The minimum atomic E-state index is -0.939. The van der Waals surface area contributed by atoms with E-state index in [-0.39, 0.29) is 0 Å². The first kappa shape index (κ1) is 12.5. The number of ether oxygens (including phenoxy) is 1. The molecule has 1 saturated carbocycles. The number of halogens is 2. The maximum Gasteiger partial charge on any atom is 0.159 e. The molecule has 0 spiro atoms. The summed E-state index contributed by atoms with van der Waals surface area (Å²) in [4.78, 5) is 0. The standard InChI is InChI=1S/C13H16F2O2/c1-17-13(6-2-3-7-13)12(16)9-4-5-10(14)11(15)8-9/h4-5,8,12,16H,2-3,6-7H2,1H3. The van der Waals surface area contributed by atoms with Gasteiger partial charge in [0, 0.05) is 7.11 Å². The molecule has 2 nitrogen and oxygen atoms in total. The SMILES string of the molecule is COC1(C(O)c2ccc(F)c(F)c2)CCCC1. The molecule has 1 N–H and O–H groups in total. The lowest BCUT2D eigenvalue weighted by atomic mass is 9.89. The van der Waals surface area contributed by atoms with E-state index < -0.39 is 23.3 Å². The van der Waals surface area contributed by atoms with Crippen LogP contribution in [-0.2, 0) is 4.74 Å². The summed E-state index contributed by atoms with van der Waals surface area (Å²) in [5.74, 6) is -1.84. The summed E-state index contributed by atoms with van der Waals surface area (Å²) < 4.78 is 31.4. The largest absolute Gasteiger partial charge is 0.385 e. The van der Waals surface area contributed by atoms with Gasteiger partial charge in [-0.15, -0.1) is 0 Å². The first-order chi connectivity index (χ1) is 8.09. The van der Waals surface area contributed by atoms with E-state index in [2.05, 4.69) is 0 Å². The van der Waals surface area contributed by atoms with Gasteiger partial charge in [-0.2, -0.15) is 0 Å². The molecule has 1 fully saturated rings. The van der Waals surface area contributed by atoms with Gasteiger partial charge in [-0.05, 0) is 30.5 Å². The van der Waals surface area contributed by atoms with Crippen LogP contribution in [0.5, 0.6) is 0 Å². The molecule has 0 bridgehead atoms. The van der Waals surface area contributed by atoms with Gasteiger partial charge in [0.1, 0.15) is 6.10 Å². The molecule has 0 amide bonds. The lowest BCUT2D eigenvalue weighted by Gasteiger charge is -2.33. The van der Waals surface area contributed by atoms with Crippen molar-refractivity contribution in [2.24, 2.45) is 0 Å². The van der Waals surface area contributed by atoms with Crippen molar-refractivity contribution in [1.82, 2.24) is 0 Å². The highest BCUT2D eigenvalue weighted by Crippen LogP contribution is 2.42. The molecule has 0 saturated heterocycles. The fraction of sp³-hybridized carbons (Fsp3) is 0.538. The number of rotatable bonds is 3. The van der Waals surface area contributed by atoms with E-state index in [4.69, 9.17) is 4.74 Å². The predicted molar refractivity (Wildman–Crippen MR) is 59.5 cm³/mol.